The van der Waals surface area contributed by atoms with E-state index in [1.165, 1.54) is 19.3 Å². The van der Waals surface area contributed by atoms with Crippen LogP contribution >= 0.6 is 0 Å². The van der Waals surface area contributed by atoms with E-state index in [0.717, 1.165) is 24.2 Å². The molecule has 0 saturated heterocycles. The highest BCUT2D eigenvalue weighted by atomic mass is 16.1. The van der Waals surface area contributed by atoms with Gasteiger partial charge in [-0.3, -0.25) is 4.79 Å². The fraction of sp³-hybridized carbons (Fsp3) is 0.412. The molecular formula is C17H21N3O. The number of benzene rings is 1. The molecule has 1 aliphatic carbocycles. The van der Waals surface area contributed by atoms with Crippen LogP contribution in [0.25, 0.3) is 5.69 Å². The van der Waals surface area contributed by atoms with E-state index in [4.69, 9.17) is 0 Å². The molecule has 1 aliphatic rings. The number of rotatable bonds is 3. The lowest BCUT2D eigenvalue weighted by molar-refractivity contribution is 0.0927. The van der Waals surface area contributed by atoms with Gasteiger partial charge >= 0.3 is 0 Å². The third kappa shape index (κ3) is 2.99. The standard InChI is InChI=1S/C17H21N3O/c1-13-16(17(21)19-14-8-4-2-5-9-14)12-18-20(13)15-10-6-3-7-11-15/h3,6-7,10-12,14H,2,4-5,8-9H2,1H3,(H,19,21). The van der Waals surface area contributed by atoms with E-state index in [2.05, 4.69) is 10.4 Å². The summed E-state index contributed by atoms with van der Waals surface area (Å²) >= 11 is 0. The minimum absolute atomic E-state index is 0.00146. The second kappa shape index (κ2) is 6.12. The van der Waals surface area contributed by atoms with Gasteiger partial charge < -0.3 is 5.32 Å². The van der Waals surface area contributed by atoms with Gasteiger partial charge in [-0.2, -0.15) is 5.10 Å². The van der Waals surface area contributed by atoms with Gasteiger partial charge in [-0.15, -0.1) is 0 Å². The van der Waals surface area contributed by atoms with Crippen LogP contribution in [0.5, 0.6) is 0 Å². The van der Waals surface area contributed by atoms with Crippen molar-refractivity contribution in [3.63, 3.8) is 0 Å². The summed E-state index contributed by atoms with van der Waals surface area (Å²) in [4.78, 5) is 12.4. The van der Waals surface area contributed by atoms with E-state index in [9.17, 15) is 4.79 Å². The Labute approximate surface area is 125 Å². The Balaban J connectivity index is 1.77. The Morgan fingerprint density at radius 3 is 2.62 bits per heavy atom. The maximum Gasteiger partial charge on any atom is 0.254 e. The molecule has 0 bridgehead atoms. The number of nitrogens with zero attached hydrogens (tertiary/aromatic N) is 2. The summed E-state index contributed by atoms with van der Waals surface area (Å²) in [6, 6.07) is 10.2. The number of aromatic nitrogens is 2. The Bertz CT molecular complexity index is 612. The maximum absolute atomic E-state index is 12.4. The number of amides is 1. The molecule has 21 heavy (non-hydrogen) atoms. The zero-order valence-electron chi connectivity index (χ0n) is 12.4. The van der Waals surface area contributed by atoms with Gasteiger partial charge in [0, 0.05) is 6.04 Å². The van der Waals surface area contributed by atoms with Gasteiger partial charge in [0.2, 0.25) is 0 Å². The van der Waals surface area contributed by atoms with Crippen LogP contribution in [0.15, 0.2) is 36.5 Å². The molecule has 0 atom stereocenters. The molecule has 4 heteroatoms. The second-order valence-electron chi connectivity index (χ2n) is 5.70. The molecule has 0 aliphatic heterocycles. The number of hydrogen-bond donors (Lipinski definition) is 1. The summed E-state index contributed by atoms with van der Waals surface area (Å²) in [5, 5.41) is 7.50. The monoisotopic (exact) mass is 283 g/mol. The summed E-state index contributed by atoms with van der Waals surface area (Å²) in [5.41, 5.74) is 2.53. The van der Waals surface area contributed by atoms with Crippen molar-refractivity contribution in [3.8, 4) is 5.69 Å². The Morgan fingerprint density at radius 1 is 1.19 bits per heavy atom. The number of carbonyl (C=O) groups excluding carboxylic acids is 1. The van der Waals surface area contributed by atoms with Gasteiger partial charge in [-0.25, -0.2) is 4.68 Å². The molecule has 1 saturated carbocycles. The average Bonchev–Trinajstić information content (AvgIpc) is 2.91. The molecule has 1 amide bonds. The van der Waals surface area contributed by atoms with Crippen LogP contribution in [0, 0.1) is 6.92 Å². The summed E-state index contributed by atoms with van der Waals surface area (Å²) in [6.07, 6.45) is 7.58. The number of para-hydroxylation sites is 1. The number of nitrogens with one attached hydrogen (secondary N) is 1. The molecular weight excluding hydrogens is 262 g/mol. The van der Waals surface area contributed by atoms with Crippen molar-refractivity contribution in [3.05, 3.63) is 47.8 Å². The lowest BCUT2D eigenvalue weighted by Gasteiger charge is -2.22. The van der Waals surface area contributed by atoms with Gasteiger partial charge in [0.15, 0.2) is 0 Å². The minimum atomic E-state index is 0.00146. The predicted octanol–water partition coefficient (Wildman–Crippen LogP) is 3.24. The zero-order chi connectivity index (χ0) is 14.7. The van der Waals surface area contributed by atoms with Crippen molar-refractivity contribution in [1.29, 1.82) is 0 Å². The van der Waals surface area contributed by atoms with Crippen LogP contribution in [0.4, 0.5) is 0 Å². The zero-order valence-corrected chi connectivity index (χ0v) is 12.4. The SMILES string of the molecule is Cc1c(C(=O)NC2CCCCC2)cnn1-c1ccccc1. The minimum Gasteiger partial charge on any atom is -0.349 e. The number of carbonyl (C=O) groups is 1. The van der Waals surface area contributed by atoms with Crippen LogP contribution in [-0.2, 0) is 0 Å². The van der Waals surface area contributed by atoms with Crippen molar-refractivity contribution < 1.29 is 4.79 Å². The molecule has 1 aromatic carbocycles. The van der Waals surface area contributed by atoms with Crippen LogP contribution in [0.2, 0.25) is 0 Å². The fourth-order valence-electron chi connectivity index (χ4n) is 2.97. The van der Waals surface area contributed by atoms with E-state index >= 15 is 0 Å². The fourth-order valence-corrected chi connectivity index (χ4v) is 2.97. The highest BCUT2D eigenvalue weighted by Crippen LogP contribution is 2.19. The van der Waals surface area contributed by atoms with E-state index in [1.54, 1.807) is 6.20 Å². The maximum atomic E-state index is 12.4. The van der Waals surface area contributed by atoms with Crippen LogP contribution in [0.3, 0.4) is 0 Å². The molecule has 4 nitrogen and oxygen atoms in total. The lowest BCUT2D eigenvalue weighted by atomic mass is 9.95. The van der Waals surface area contributed by atoms with Crippen molar-refractivity contribution in [2.45, 2.75) is 45.1 Å². The first-order valence-electron chi connectivity index (χ1n) is 7.66. The largest absolute Gasteiger partial charge is 0.349 e. The van der Waals surface area contributed by atoms with Crippen LogP contribution in [-0.4, -0.2) is 21.7 Å². The van der Waals surface area contributed by atoms with E-state index < -0.39 is 0 Å². The lowest BCUT2D eigenvalue weighted by Crippen LogP contribution is -2.36. The molecule has 2 aromatic rings. The molecule has 3 rings (SSSR count). The van der Waals surface area contributed by atoms with Crippen molar-refractivity contribution >= 4 is 5.91 Å². The molecule has 110 valence electrons. The highest BCUT2D eigenvalue weighted by molar-refractivity contribution is 5.95. The predicted molar refractivity (Wildman–Crippen MR) is 82.6 cm³/mol. The first-order valence-corrected chi connectivity index (χ1v) is 7.66. The van der Waals surface area contributed by atoms with Gasteiger partial charge in [0.25, 0.3) is 5.91 Å². The van der Waals surface area contributed by atoms with Crippen molar-refractivity contribution in [2.75, 3.05) is 0 Å². The van der Waals surface area contributed by atoms with Gasteiger partial charge in [-0.1, -0.05) is 37.5 Å². The smallest absolute Gasteiger partial charge is 0.254 e. The summed E-state index contributed by atoms with van der Waals surface area (Å²) < 4.78 is 1.82. The highest BCUT2D eigenvalue weighted by Gasteiger charge is 2.20. The summed E-state index contributed by atoms with van der Waals surface area (Å²) in [5.74, 6) is 0.00146. The summed E-state index contributed by atoms with van der Waals surface area (Å²) in [6.45, 7) is 1.94. The van der Waals surface area contributed by atoms with Crippen molar-refractivity contribution in [2.24, 2.45) is 0 Å². The molecule has 1 heterocycles. The first-order chi connectivity index (χ1) is 10.3. The van der Waals surface area contributed by atoms with Crippen LogP contribution in [0.1, 0.15) is 48.2 Å². The quantitative estimate of drug-likeness (QED) is 0.940. The Kier molecular flexibility index (Phi) is 4.04. The second-order valence-corrected chi connectivity index (χ2v) is 5.70. The van der Waals surface area contributed by atoms with Gasteiger partial charge in [0.05, 0.1) is 23.1 Å². The van der Waals surface area contributed by atoms with E-state index in [-0.39, 0.29) is 5.91 Å². The van der Waals surface area contributed by atoms with Gasteiger partial charge in [-0.05, 0) is 31.9 Å². The van der Waals surface area contributed by atoms with Crippen molar-refractivity contribution in [1.82, 2.24) is 15.1 Å². The Hall–Kier alpha value is -2.10. The molecule has 1 aromatic heterocycles. The third-order valence-corrected chi connectivity index (χ3v) is 4.20. The molecule has 0 radical (unpaired) electrons. The Morgan fingerprint density at radius 2 is 1.90 bits per heavy atom. The van der Waals surface area contributed by atoms with E-state index in [0.29, 0.717) is 11.6 Å². The molecule has 1 fully saturated rings. The van der Waals surface area contributed by atoms with Crippen LogP contribution < -0.4 is 5.32 Å². The average molecular weight is 283 g/mol. The third-order valence-electron chi connectivity index (χ3n) is 4.20. The molecule has 0 unspecified atom stereocenters. The first kappa shape index (κ1) is 13.9. The molecule has 1 N–H and O–H groups in total. The normalized spacial score (nSPS) is 15.9. The summed E-state index contributed by atoms with van der Waals surface area (Å²) in [7, 11) is 0. The van der Waals surface area contributed by atoms with Gasteiger partial charge in [0.1, 0.15) is 0 Å². The number of hydrogen-bond acceptors (Lipinski definition) is 2. The topological polar surface area (TPSA) is 46.9 Å². The van der Waals surface area contributed by atoms with E-state index in [1.807, 2.05) is 41.9 Å². The molecule has 0 spiro atoms.